The van der Waals surface area contributed by atoms with Crippen LogP contribution in [0.2, 0.25) is 5.02 Å². The van der Waals surface area contributed by atoms with Crippen molar-refractivity contribution in [2.75, 3.05) is 19.0 Å². The van der Waals surface area contributed by atoms with Crippen LogP contribution in [0.15, 0.2) is 42.5 Å². The summed E-state index contributed by atoms with van der Waals surface area (Å²) in [6, 6.07) is 11.9. The molecule has 0 atom stereocenters. The Morgan fingerprint density at radius 2 is 1.83 bits per heavy atom. The normalized spacial score (nSPS) is 10.0. The lowest BCUT2D eigenvalue weighted by Crippen LogP contribution is -2.32. The van der Waals surface area contributed by atoms with Crippen molar-refractivity contribution < 1.29 is 14.3 Å². The molecule has 0 saturated heterocycles. The van der Waals surface area contributed by atoms with Gasteiger partial charge in [0.05, 0.1) is 13.7 Å². The Morgan fingerprint density at radius 3 is 2.48 bits per heavy atom. The molecule has 0 spiro atoms. The zero-order chi connectivity index (χ0) is 16.8. The number of hydrogen-bond acceptors (Lipinski definition) is 3. The van der Waals surface area contributed by atoms with Crippen molar-refractivity contribution in [1.82, 2.24) is 5.32 Å². The van der Waals surface area contributed by atoms with Crippen LogP contribution >= 0.6 is 11.6 Å². The van der Waals surface area contributed by atoms with E-state index in [4.69, 9.17) is 16.3 Å². The van der Waals surface area contributed by atoms with Crippen molar-refractivity contribution in [2.24, 2.45) is 0 Å². The first-order chi connectivity index (χ1) is 11.0. The van der Waals surface area contributed by atoms with E-state index in [-0.39, 0.29) is 18.4 Å². The Kier molecular flexibility index (Phi) is 5.60. The number of amides is 2. The number of nitrogens with one attached hydrogen (secondary N) is 2. The van der Waals surface area contributed by atoms with Gasteiger partial charge in [-0.2, -0.15) is 0 Å². The Bertz CT molecular complexity index is 714. The van der Waals surface area contributed by atoms with Gasteiger partial charge in [-0.1, -0.05) is 17.7 Å². The molecule has 2 aromatic rings. The highest BCUT2D eigenvalue weighted by Crippen LogP contribution is 2.19. The number of carbonyl (C=O) groups excluding carboxylic acids is 2. The molecule has 0 heterocycles. The fourth-order valence-corrected chi connectivity index (χ4v) is 2.10. The maximum atomic E-state index is 12.0. The third-order valence-corrected chi connectivity index (χ3v) is 3.47. The monoisotopic (exact) mass is 332 g/mol. The van der Waals surface area contributed by atoms with Crippen molar-refractivity contribution in [3.8, 4) is 5.75 Å². The fraction of sp³-hybridized carbons (Fsp3) is 0.176. The van der Waals surface area contributed by atoms with Gasteiger partial charge in [0, 0.05) is 16.3 Å². The number of halogens is 1. The molecule has 23 heavy (non-hydrogen) atoms. The first-order valence-electron chi connectivity index (χ1n) is 6.98. The topological polar surface area (TPSA) is 67.4 Å². The molecular weight excluding hydrogens is 316 g/mol. The molecular formula is C17H17ClN2O3. The molecule has 0 aromatic heterocycles. The summed E-state index contributed by atoms with van der Waals surface area (Å²) in [4.78, 5) is 23.9. The molecule has 2 amide bonds. The average Bonchev–Trinajstić information content (AvgIpc) is 2.56. The summed E-state index contributed by atoms with van der Waals surface area (Å²) in [5, 5.41) is 5.82. The molecule has 0 aliphatic heterocycles. The van der Waals surface area contributed by atoms with Gasteiger partial charge in [-0.3, -0.25) is 9.59 Å². The van der Waals surface area contributed by atoms with E-state index in [1.165, 1.54) is 0 Å². The summed E-state index contributed by atoms with van der Waals surface area (Å²) < 4.78 is 5.03. The lowest BCUT2D eigenvalue weighted by atomic mass is 10.2. The molecule has 2 aromatic carbocycles. The summed E-state index contributed by atoms with van der Waals surface area (Å²) in [7, 11) is 1.55. The second-order valence-corrected chi connectivity index (χ2v) is 5.36. The summed E-state index contributed by atoms with van der Waals surface area (Å²) in [5.74, 6) is 0.0126. The number of anilines is 1. The maximum Gasteiger partial charge on any atom is 0.251 e. The minimum absolute atomic E-state index is 0.128. The molecule has 0 aliphatic carbocycles. The molecule has 2 rings (SSSR count). The predicted molar refractivity (Wildman–Crippen MR) is 90.1 cm³/mol. The van der Waals surface area contributed by atoms with E-state index in [1.54, 1.807) is 43.5 Å². The predicted octanol–water partition coefficient (Wildman–Crippen LogP) is 3.03. The van der Waals surface area contributed by atoms with E-state index in [9.17, 15) is 9.59 Å². The third-order valence-electron chi connectivity index (χ3n) is 3.24. The highest BCUT2D eigenvalue weighted by Gasteiger charge is 2.09. The number of aryl methyl sites for hydroxylation is 1. The van der Waals surface area contributed by atoms with Gasteiger partial charge in [0.2, 0.25) is 5.91 Å². The van der Waals surface area contributed by atoms with Crippen LogP contribution in [0.4, 0.5) is 5.69 Å². The van der Waals surface area contributed by atoms with Crippen LogP contribution in [-0.4, -0.2) is 25.5 Å². The summed E-state index contributed by atoms with van der Waals surface area (Å²) in [6.45, 7) is 1.73. The number of rotatable bonds is 5. The van der Waals surface area contributed by atoms with Crippen molar-refractivity contribution in [3.05, 3.63) is 58.6 Å². The van der Waals surface area contributed by atoms with Crippen LogP contribution in [0.3, 0.4) is 0 Å². The SMILES string of the molecule is COc1ccc(C(=O)NCC(=O)Nc2cc(Cl)ccc2C)cc1. The highest BCUT2D eigenvalue weighted by atomic mass is 35.5. The number of ether oxygens (including phenoxy) is 1. The number of benzene rings is 2. The van der Waals surface area contributed by atoms with E-state index in [0.717, 1.165) is 5.56 Å². The molecule has 2 N–H and O–H groups in total. The Labute approximate surface area is 139 Å². The zero-order valence-electron chi connectivity index (χ0n) is 12.9. The first-order valence-corrected chi connectivity index (χ1v) is 7.35. The second kappa shape index (κ2) is 7.65. The van der Waals surface area contributed by atoms with Gasteiger partial charge >= 0.3 is 0 Å². The van der Waals surface area contributed by atoms with Crippen LogP contribution in [-0.2, 0) is 4.79 Å². The number of methoxy groups -OCH3 is 1. The van der Waals surface area contributed by atoms with Crippen LogP contribution in [0.5, 0.6) is 5.75 Å². The van der Waals surface area contributed by atoms with Gasteiger partial charge < -0.3 is 15.4 Å². The van der Waals surface area contributed by atoms with E-state index in [0.29, 0.717) is 22.0 Å². The van der Waals surface area contributed by atoms with Crippen LogP contribution < -0.4 is 15.4 Å². The van der Waals surface area contributed by atoms with Crippen molar-refractivity contribution in [2.45, 2.75) is 6.92 Å². The van der Waals surface area contributed by atoms with Crippen LogP contribution in [0.25, 0.3) is 0 Å². The minimum atomic E-state index is -0.328. The molecule has 120 valence electrons. The van der Waals surface area contributed by atoms with Crippen molar-refractivity contribution >= 4 is 29.1 Å². The number of carbonyl (C=O) groups is 2. The van der Waals surface area contributed by atoms with Crippen LogP contribution in [0.1, 0.15) is 15.9 Å². The molecule has 0 fully saturated rings. The molecule has 0 bridgehead atoms. The van der Waals surface area contributed by atoms with Crippen LogP contribution in [0, 0.1) is 6.92 Å². The standard InChI is InChI=1S/C17H17ClN2O3/c1-11-3-6-13(18)9-15(11)20-16(21)10-19-17(22)12-4-7-14(23-2)8-5-12/h3-9H,10H2,1-2H3,(H,19,22)(H,20,21). The zero-order valence-corrected chi connectivity index (χ0v) is 13.6. The van der Waals surface area contributed by atoms with Gasteiger partial charge in [0.15, 0.2) is 0 Å². The van der Waals surface area contributed by atoms with Crippen molar-refractivity contribution in [1.29, 1.82) is 0 Å². The van der Waals surface area contributed by atoms with Gasteiger partial charge in [-0.15, -0.1) is 0 Å². The average molecular weight is 333 g/mol. The van der Waals surface area contributed by atoms with E-state index in [2.05, 4.69) is 10.6 Å². The molecule has 0 unspecified atom stereocenters. The van der Waals surface area contributed by atoms with Crippen molar-refractivity contribution in [3.63, 3.8) is 0 Å². The second-order valence-electron chi connectivity index (χ2n) is 4.92. The Balaban J connectivity index is 1.90. The Morgan fingerprint density at radius 1 is 1.13 bits per heavy atom. The maximum absolute atomic E-state index is 12.0. The highest BCUT2D eigenvalue weighted by molar-refractivity contribution is 6.31. The summed E-state index contributed by atoms with van der Waals surface area (Å²) >= 11 is 5.90. The van der Waals surface area contributed by atoms with Gasteiger partial charge in [-0.05, 0) is 48.9 Å². The van der Waals surface area contributed by atoms with E-state index in [1.807, 2.05) is 13.0 Å². The van der Waals surface area contributed by atoms with Gasteiger partial charge in [0.1, 0.15) is 5.75 Å². The first kappa shape index (κ1) is 16.8. The molecule has 0 aliphatic rings. The summed E-state index contributed by atoms with van der Waals surface area (Å²) in [6.07, 6.45) is 0. The molecule has 0 saturated carbocycles. The quantitative estimate of drug-likeness (QED) is 0.884. The third kappa shape index (κ3) is 4.72. The summed E-state index contributed by atoms with van der Waals surface area (Å²) in [5.41, 5.74) is 1.97. The lowest BCUT2D eigenvalue weighted by Gasteiger charge is -2.10. The fourth-order valence-electron chi connectivity index (χ4n) is 1.93. The Hall–Kier alpha value is -2.53. The lowest BCUT2D eigenvalue weighted by molar-refractivity contribution is -0.115. The minimum Gasteiger partial charge on any atom is -0.497 e. The molecule has 5 nitrogen and oxygen atoms in total. The number of hydrogen-bond donors (Lipinski definition) is 2. The molecule has 6 heteroatoms. The molecule has 0 radical (unpaired) electrons. The van der Waals surface area contributed by atoms with Gasteiger partial charge in [0.25, 0.3) is 5.91 Å². The smallest absolute Gasteiger partial charge is 0.251 e. The van der Waals surface area contributed by atoms with E-state index >= 15 is 0 Å². The largest absolute Gasteiger partial charge is 0.497 e. The van der Waals surface area contributed by atoms with Gasteiger partial charge in [-0.25, -0.2) is 0 Å². The van der Waals surface area contributed by atoms with E-state index < -0.39 is 0 Å².